The molecule has 12 heavy (non-hydrogen) atoms. The molecule has 1 aliphatic rings. The third-order valence-corrected chi connectivity index (χ3v) is 2.83. The molecule has 0 saturated heterocycles. The quantitative estimate of drug-likeness (QED) is 0.572. The van der Waals surface area contributed by atoms with Crippen molar-refractivity contribution in [3.05, 3.63) is 33.1 Å². The first kappa shape index (κ1) is 7.74. The average molecular weight is 177 g/mol. The van der Waals surface area contributed by atoms with Gasteiger partial charge in [-0.15, -0.1) is 11.3 Å². The summed E-state index contributed by atoms with van der Waals surface area (Å²) in [5.41, 5.74) is 0. The van der Waals surface area contributed by atoms with Crippen molar-refractivity contribution >= 4 is 17.4 Å². The highest BCUT2D eigenvalue weighted by Crippen LogP contribution is 1.99. The first-order valence-electron chi connectivity index (χ1n) is 4.16. The molecule has 0 aromatic carbocycles. The lowest BCUT2D eigenvalue weighted by molar-refractivity contribution is 1.08. The Morgan fingerprint density at radius 2 is 2.33 bits per heavy atom. The average Bonchev–Trinajstić information content (AvgIpc) is 2.32. The van der Waals surface area contributed by atoms with Gasteiger partial charge in [-0.05, 0) is 25.8 Å². The molecule has 0 spiro atoms. The zero-order valence-corrected chi connectivity index (χ0v) is 7.90. The molecule has 2 heteroatoms. The van der Waals surface area contributed by atoms with Gasteiger partial charge in [-0.3, -0.25) is 0 Å². The molecule has 1 nitrogen and oxygen atoms in total. The van der Waals surface area contributed by atoms with Crippen molar-refractivity contribution < 1.29 is 0 Å². The minimum absolute atomic E-state index is 1.11. The summed E-state index contributed by atoms with van der Waals surface area (Å²) in [7, 11) is 0. The van der Waals surface area contributed by atoms with Crippen molar-refractivity contribution in [2.45, 2.75) is 19.8 Å². The number of hydrogen-bond acceptors (Lipinski definition) is 2. The number of thiophene rings is 1. The van der Waals surface area contributed by atoms with Gasteiger partial charge in [0, 0.05) is 16.3 Å². The van der Waals surface area contributed by atoms with Gasteiger partial charge < -0.3 is 0 Å². The maximum absolute atomic E-state index is 4.37. The fourth-order valence-electron chi connectivity index (χ4n) is 1.30. The van der Waals surface area contributed by atoms with Crippen LogP contribution in [0.5, 0.6) is 0 Å². The number of aryl methyl sites for hydroxylation is 1. The van der Waals surface area contributed by atoms with E-state index in [1.807, 2.05) is 6.20 Å². The van der Waals surface area contributed by atoms with Crippen molar-refractivity contribution in [1.82, 2.24) is 0 Å². The third-order valence-electron chi connectivity index (χ3n) is 1.86. The Morgan fingerprint density at radius 1 is 1.42 bits per heavy atom. The van der Waals surface area contributed by atoms with Gasteiger partial charge in [-0.25, -0.2) is 4.99 Å². The fourth-order valence-corrected chi connectivity index (χ4v) is 2.16. The highest BCUT2D eigenvalue weighted by molar-refractivity contribution is 7.09. The van der Waals surface area contributed by atoms with Crippen LogP contribution in [-0.4, -0.2) is 0 Å². The smallest absolute Gasteiger partial charge is 0.123 e. The normalized spacial score (nSPS) is 23.8. The zero-order chi connectivity index (χ0) is 8.39. The lowest BCUT2D eigenvalue weighted by Gasteiger charge is -1.87. The van der Waals surface area contributed by atoms with E-state index >= 15 is 0 Å². The summed E-state index contributed by atoms with van der Waals surface area (Å²) in [6.07, 6.45) is 8.55. The Kier molecular flexibility index (Phi) is 2.09. The Labute approximate surface area is 75.8 Å². The number of nitrogens with zero attached hydrogens (tertiary/aromatic N) is 1. The van der Waals surface area contributed by atoms with Gasteiger partial charge >= 0.3 is 0 Å². The van der Waals surface area contributed by atoms with E-state index in [9.17, 15) is 0 Å². The number of fused-ring (bicyclic) bond motifs is 1. The Balaban J connectivity index is 2.70. The van der Waals surface area contributed by atoms with Crippen LogP contribution >= 0.6 is 11.3 Å². The molecule has 0 atom stereocenters. The first-order valence-corrected chi connectivity index (χ1v) is 4.97. The van der Waals surface area contributed by atoms with Crippen LogP contribution in [0.15, 0.2) is 23.3 Å². The van der Waals surface area contributed by atoms with Crippen LogP contribution in [0, 0.1) is 6.92 Å². The predicted octanol–water partition coefficient (Wildman–Crippen LogP) is 1.76. The summed E-state index contributed by atoms with van der Waals surface area (Å²) in [5, 5.41) is 1.31. The molecule has 1 aliphatic heterocycles. The van der Waals surface area contributed by atoms with Crippen LogP contribution in [0.4, 0.5) is 0 Å². The van der Waals surface area contributed by atoms with Gasteiger partial charge in [-0.2, -0.15) is 0 Å². The van der Waals surface area contributed by atoms with Crippen LogP contribution in [0.1, 0.15) is 17.7 Å². The van der Waals surface area contributed by atoms with Crippen molar-refractivity contribution in [3.8, 4) is 0 Å². The molecule has 0 radical (unpaired) electrons. The van der Waals surface area contributed by atoms with Gasteiger partial charge in [0.15, 0.2) is 0 Å². The second-order valence-electron chi connectivity index (χ2n) is 2.91. The van der Waals surface area contributed by atoms with Crippen LogP contribution in [0.25, 0.3) is 6.08 Å². The molecule has 2 rings (SSSR count). The molecule has 0 saturated carbocycles. The molecule has 0 unspecified atom stereocenters. The van der Waals surface area contributed by atoms with Crippen molar-refractivity contribution in [3.63, 3.8) is 0 Å². The largest absolute Gasteiger partial charge is 0.246 e. The van der Waals surface area contributed by atoms with Crippen LogP contribution < -0.4 is 9.89 Å². The second-order valence-corrected chi connectivity index (χ2v) is 4.15. The molecule has 2 heterocycles. The van der Waals surface area contributed by atoms with E-state index < -0.39 is 0 Å². The second kappa shape index (κ2) is 3.23. The van der Waals surface area contributed by atoms with Crippen molar-refractivity contribution in [2.75, 3.05) is 0 Å². The van der Waals surface area contributed by atoms with Gasteiger partial charge in [0.1, 0.15) is 4.67 Å². The van der Waals surface area contributed by atoms with Crippen LogP contribution in [0.3, 0.4) is 0 Å². The topological polar surface area (TPSA) is 12.4 Å². The van der Waals surface area contributed by atoms with Gasteiger partial charge in [0.2, 0.25) is 0 Å². The van der Waals surface area contributed by atoms with Gasteiger partial charge in [0.25, 0.3) is 0 Å². The van der Waals surface area contributed by atoms with E-state index in [1.54, 1.807) is 11.3 Å². The molecule has 0 fully saturated rings. The van der Waals surface area contributed by atoms with E-state index in [2.05, 4.69) is 30.1 Å². The maximum Gasteiger partial charge on any atom is 0.123 e. The number of rotatable bonds is 0. The highest BCUT2D eigenvalue weighted by Gasteiger charge is 1.93. The minimum atomic E-state index is 1.11. The molecule has 0 bridgehead atoms. The van der Waals surface area contributed by atoms with Crippen molar-refractivity contribution in [1.29, 1.82) is 0 Å². The van der Waals surface area contributed by atoms with E-state index in [4.69, 9.17) is 0 Å². The van der Waals surface area contributed by atoms with Gasteiger partial charge in [-0.1, -0.05) is 12.2 Å². The van der Waals surface area contributed by atoms with Gasteiger partial charge in [0.05, 0.1) is 0 Å². The minimum Gasteiger partial charge on any atom is -0.246 e. The van der Waals surface area contributed by atoms with E-state index in [1.165, 1.54) is 10.1 Å². The predicted molar refractivity (Wildman–Crippen MR) is 52.7 cm³/mol. The number of hydrogen-bond donors (Lipinski definition) is 0. The summed E-state index contributed by atoms with van der Waals surface area (Å²) in [5.74, 6) is 0. The summed E-state index contributed by atoms with van der Waals surface area (Å²) in [6, 6.07) is 2.21. The van der Waals surface area contributed by atoms with Crippen molar-refractivity contribution in [2.24, 2.45) is 4.99 Å². The molecule has 62 valence electrons. The first-order chi connectivity index (χ1) is 5.86. The summed E-state index contributed by atoms with van der Waals surface area (Å²) in [4.78, 5) is 5.72. The summed E-state index contributed by atoms with van der Waals surface area (Å²) in [6.45, 7) is 2.13. The van der Waals surface area contributed by atoms with E-state index in [0.717, 1.165) is 17.5 Å². The Morgan fingerprint density at radius 3 is 3.25 bits per heavy atom. The molecular formula is C10H11NS. The Hall–Kier alpha value is -0.890. The summed E-state index contributed by atoms with van der Waals surface area (Å²) >= 11 is 1.76. The zero-order valence-electron chi connectivity index (χ0n) is 7.08. The molecule has 0 aliphatic carbocycles. The molecule has 0 amide bonds. The Bertz CT molecular complexity index is 412. The lowest BCUT2D eigenvalue weighted by atomic mass is 10.2. The standard InChI is InChI=1S/C10H11NS/c1-8-7-9-5-3-2-4-6-11-10(9)12-8/h4-7H,2-3H2,1H3/b6-4-,9-5+,11-10+. The molecular weight excluding hydrogens is 166 g/mol. The molecule has 1 aromatic heterocycles. The third kappa shape index (κ3) is 1.48. The SMILES string of the molecule is Cc1cc2/c(s1)=N\C=C/CC/C=2. The van der Waals surface area contributed by atoms with E-state index in [-0.39, 0.29) is 0 Å². The highest BCUT2D eigenvalue weighted by atomic mass is 32.1. The van der Waals surface area contributed by atoms with E-state index in [0.29, 0.717) is 0 Å². The number of allylic oxidation sites excluding steroid dienone is 1. The maximum atomic E-state index is 4.37. The van der Waals surface area contributed by atoms with Crippen LogP contribution in [-0.2, 0) is 0 Å². The lowest BCUT2D eigenvalue weighted by Crippen LogP contribution is -2.17. The molecule has 1 aromatic rings. The summed E-state index contributed by atoms with van der Waals surface area (Å²) < 4.78 is 1.16. The molecule has 0 N–H and O–H groups in total. The fraction of sp³-hybridized carbons (Fsp3) is 0.300. The monoisotopic (exact) mass is 177 g/mol. The van der Waals surface area contributed by atoms with Crippen LogP contribution in [0.2, 0.25) is 0 Å².